The molecule has 0 saturated heterocycles. The first-order valence-corrected chi connectivity index (χ1v) is 5.34. The normalized spacial score (nSPS) is 26.1. The summed E-state index contributed by atoms with van der Waals surface area (Å²) in [5, 5.41) is 0. The van der Waals surface area contributed by atoms with Gasteiger partial charge in [0, 0.05) is 20.1 Å². The van der Waals surface area contributed by atoms with Crippen molar-refractivity contribution in [2.45, 2.75) is 27.2 Å². The van der Waals surface area contributed by atoms with Crippen LogP contribution in [0.4, 0.5) is 0 Å². The van der Waals surface area contributed by atoms with Gasteiger partial charge >= 0.3 is 0 Å². The van der Waals surface area contributed by atoms with E-state index in [0.717, 1.165) is 18.4 Å². The number of rotatable bonds is 4. The summed E-state index contributed by atoms with van der Waals surface area (Å²) in [7, 11) is 1.88. The summed E-state index contributed by atoms with van der Waals surface area (Å²) in [6.45, 7) is 7.35. The Morgan fingerprint density at radius 3 is 2.43 bits per heavy atom. The highest BCUT2D eigenvalue weighted by atomic mass is 16.2. The van der Waals surface area contributed by atoms with Gasteiger partial charge < -0.3 is 10.6 Å². The van der Waals surface area contributed by atoms with Crippen molar-refractivity contribution in [3.8, 4) is 0 Å². The van der Waals surface area contributed by atoms with E-state index in [0.29, 0.717) is 6.54 Å². The largest absolute Gasteiger partial charge is 0.345 e. The predicted molar refractivity (Wildman–Crippen MR) is 57.7 cm³/mol. The summed E-state index contributed by atoms with van der Waals surface area (Å²) in [6, 6.07) is 0. The van der Waals surface area contributed by atoms with Crippen molar-refractivity contribution in [3.63, 3.8) is 0 Å². The van der Waals surface area contributed by atoms with E-state index in [2.05, 4.69) is 6.92 Å². The Kier molecular flexibility index (Phi) is 3.20. The Balaban J connectivity index is 2.43. The van der Waals surface area contributed by atoms with Crippen LogP contribution < -0.4 is 5.73 Å². The van der Waals surface area contributed by atoms with Gasteiger partial charge in [0.2, 0.25) is 5.91 Å². The SMILES string of the molecule is CC1CC1CN(C)C(=O)C(C)(C)CN. The molecule has 0 radical (unpaired) electrons. The minimum atomic E-state index is -0.410. The maximum atomic E-state index is 11.9. The van der Waals surface area contributed by atoms with Crippen molar-refractivity contribution in [1.82, 2.24) is 4.90 Å². The molecular formula is C11H22N2O. The van der Waals surface area contributed by atoms with Crippen molar-refractivity contribution >= 4 is 5.91 Å². The quantitative estimate of drug-likeness (QED) is 0.735. The lowest BCUT2D eigenvalue weighted by atomic mass is 9.92. The van der Waals surface area contributed by atoms with Gasteiger partial charge in [-0.1, -0.05) is 6.92 Å². The van der Waals surface area contributed by atoms with Crippen LogP contribution in [0.1, 0.15) is 27.2 Å². The number of carbonyl (C=O) groups excluding carboxylic acids is 1. The van der Waals surface area contributed by atoms with Crippen LogP contribution >= 0.6 is 0 Å². The Labute approximate surface area is 86.6 Å². The molecule has 3 heteroatoms. The maximum Gasteiger partial charge on any atom is 0.229 e. The minimum absolute atomic E-state index is 0.166. The second-order valence-electron chi connectivity index (χ2n) is 5.25. The second-order valence-corrected chi connectivity index (χ2v) is 5.25. The van der Waals surface area contributed by atoms with Crippen LogP contribution in [-0.2, 0) is 4.79 Å². The summed E-state index contributed by atoms with van der Waals surface area (Å²) in [5.74, 6) is 1.68. The zero-order chi connectivity index (χ0) is 10.9. The Morgan fingerprint density at radius 1 is 1.57 bits per heavy atom. The summed E-state index contributed by atoms with van der Waals surface area (Å²) >= 11 is 0. The third kappa shape index (κ3) is 2.47. The highest BCUT2D eigenvalue weighted by Crippen LogP contribution is 2.38. The molecule has 2 N–H and O–H groups in total. The lowest BCUT2D eigenvalue weighted by Gasteiger charge is -2.28. The average Bonchev–Trinajstić information content (AvgIpc) is 2.80. The lowest BCUT2D eigenvalue weighted by molar-refractivity contribution is -0.138. The smallest absolute Gasteiger partial charge is 0.229 e. The standard InChI is InChI=1S/C11H22N2O/c1-8-5-9(8)6-13(4)10(14)11(2,3)7-12/h8-9H,5-7,12H2,1-4H3. The lowest BCUT2D eigenvalue weighted by Crippen LogP contribution is -2.43. The molecule has 1 aliphatic rings. The van der Waals surface area contributed by atoms with Crippen LogP contribution in [0, 0.1) is 17.3 Å². The van der Waals surface area contributed by atoms with Gasteiger partial charge in [-0.2, -0.15) is 0 Å². The molecule has 0 aromatic carbocycles. The van der Waals surface area contributed by atoms with Gasteiger partial charge in [-0.15, -0.1) is 0 Å². The fourth-order valence-corrected chi connectivity index (χ4v) is 1.69. The number of hydrogen-bond donors (Lipinski definition) is 1. The molecule has 0 heterocycles. The second kappa shape index (κ2) is 3.89. The number of nitrogens with two attached hydrogens (primary N) is 1. The molecule has 1 fully saturated rings. The van der Waals surface area contributed by atoms with E-state index in [1.165, 1.54) is 6.42 Å². The Morgan fingerprint density at radius 2 is 2.07 bits per heavy atom. The highest BCUT2D eigenvalue weighted by molar-refractivity contribution is 5.82. The van der Waals surface area contributed by atoms with Gasteiger partial charge in [0.1, 0.15) is 0 Å². The van der Waals surface area contributed by atoms with Gasteiger partial charge in [-0.05, 0) is 32.1 Å². The molecule has 82 valence electrons. The number of hydrogen-bond acceptors (Lipinski definition) is 2. The third-order valence-corrected chi connectivity index (χ3v) is 3.22. The molecule has 0 aliphatic heterocycles. The van der Waals surface area contributed by atoms with Crippen molar-refractivity contribution in [2.24, 2.45) is 23.0 Å². The van der Waals surface area contributed by atoms with Crippen LogP contribution in [0.5, 0.6) is 0 Å². The third-order valence-electron chi connectivity index (χ3n) is 3.22. The zero-order valence-electron chi connectivity index (χ0n) is 9.71. The van der Waals surface area contributed by atoms with Crippen LogP contribution in [0.15, 0.2) is 0 Å². The molecule has 0 bridgehead atoms. The Bertz CT molecular complexity index is 225. The van der Waals surface area contributed by atoms with Crippen molar-refractivity contribution < 1.29 is 4.79 Å². The molecule has 1 rings (SSSR count). The van der Waals surface area contributed by atoms with E-state index < -0.39 is 5.41 Å². The minimum Gasteiger partial charge on any atom is -0.345 e. The number of amides is 1. The molecule has 14 heavy (non-hydrogen) atoms. The van der Waals surface area contributed by atoms with E-state index in [-0.39, 0.29) is 5.91 Å². The van der Waals surface area contributed by atoms with Crippen LogP contribution in [0.2, 0.25) is 0 Å². The topological polar surface area (TPSA) is 46.3 Å². The van der Waals surface area contributed by atoms with E-state index in [1.54, 1.807) is 0 Å². The van der Waals surface area contributed by atoms with E-state index in [9.17, 15) is 4.79 Å². The first-order valence-electron chi connectivity index (χ1n) is 5.34. The van der Waals surface area contributed by atoms with Crippen molar-refractivity contribution in [3.05, 3.63) is 0 Å². The fraction of sp³-hybridized carbons (Fsp3) is 0.909. The van der Waals surface area contributed by atoms with Crippen LogP contribution in [0.25, 0.3) is 0 Å². The molecule has 0 spiro atoms. The average molecular weight is 198 g/mol. The van der Waals surface area contributed by atoms with Gasteiger partial charge in [0.25, 0.3) is 0 Å². The predicted octanol–water partition coefficient (Wildman–Crippen LogP) is 1.09. The van der Waals surface area contributed by atoms with E-state index in [1.807, 2.05) is 25.8 Å². The molecule has 2 unspecified atom stereocenters. The molecule has 2 atom stereocenters. The van der Waals surface area contributed by atoms with Gasteiger partial charge in [0.15, 0.2) is 0 Å². The molecule has 0 aromatic rings. The summed E-state index contributed by atoms with van der Waals surface area (Å²) in [4.78, 5) is 13.7. The molecule has 1 saturated carbocycles. The monoisotopic (exact) mass is 198 g/mol. The van der Waals surface area contributed by atoms with Gasteiger partial charge in [-0.25, -0.2) is 0 Å². The molecule has 3 nitrogen and oxygen atoms in total. The van der Waals surface area contributed by atoms with E-state index >= 15 is 0 Å². The van der Waals surface area contributed by atoms with Gasteiger partial charge in [-0.3, -0.25) is 4.79 Å². The van der Waals surface area contributed by atoms with Crippen LogP contribution in [-0.4, -0.2) is 30.9 Å². The summed E-state index contributed by atoms with van der Waals surface area (Å²) < 4.78 is 0. The fourth-order valence-electron chi connectivity index (χ4n) is 1.69. The summed E-state index contributed by atoms with van der Waals surface area (Å²) in [5.41, 5.74) is 5.16. The zero-order valence-corrected chi connectivity index (χ0v) is 9.71. The van der Waals surface area contributed by atoms with Gasteiger partial charge in [0.05, 0.1) is 5.41 Å². The van der Waals surface area contributed by atoms with Crippen molar-refractivity contribution in [2.75, 3.05) is 20.1 Å². The Hall–Kier alpha value is -0.570. The first-order chi connectivity index (χ1) is 6.38. The molecular weight excluding hydrogens is 176 g/mol. The molecule has 1 aliphatic carbocycles. The molecule has 0 aromatic heterocycles. The van der Waals surface area contributed by atoms with E-state index in [4.69, 9.17) is 5.73 Å². The highest BCUT2D eigenvalue weighted by Gasteiger charge is 2.36. The van der Waals surface area contributed by atoms with Crippen LogP contribution in [0.3, 0.4) is 0 Å². The number of carbonyl (C=O) groups is 1. The maximum absolute atomic E-state index is 11.9. The summed E-state index contributed by atoms with van der Waals surface area (Å²) in [6.07, 6.45) is 1.26. The van der Waals surface area contributed by atoms with Crippen molar-refractivity contribution in [1.29, 1.82) is 0 Å². The first kappa shape index (κ1) is 11.5. The number of nitrogens with zero attached hydrogens (tertiary/aromatic N) is 1. The molecule has 1 amide bonds.